The van der Waals surface area contributed by atoms with E-state index < -0.39 is 5.91 Å². The molecule has 10 nitrogen and oxygen atoms in total. The van der Waals surface area contributed by atoms with Crippen LogP contribution in [0, 0.1) is 12.8 Å². The molecule has 3 aromatic heterocycles. The molecule has 6 rings (SSSR count). The Morgan fingerprint density at radius 1 is 1.20 bits per heavy atom. The van der Waals surface area contributed by atoms with Crippen molar-refractivity contribution in [1.82, 2.24) is 34.7 Å². The summed E-state index contributed by atoms with van der Waals surface area (Å²) in [4.78, 5) is 16.9. The Bertz CT molecular complexity index is 1390. The lowest BCUT2D eigenvalue weighted by molar-refractivity contribution is -0.0216. The van der Waals surface area contributed by atoms with E-state index in [4.69, 9.17) is 15.5 Å². The Labute approximate surface area is 202 Å². The standard InChI is InChI=1S/C25H30N8O2/c1-3-32-22(8-14(2)31-32)25-28-24(29-30-25)19-11-16(23(26)34)12-21-20(19)13-27-33(21)7-6-15-9-17-4-5-18(10-15)35-17/h8,11-13,15,17-18H,3-7,9-10H2,1-2H3,(H2,26,34)(H,28,29,30). The van der Waals surface area contributed by atoms with Crippen molar-refractivity contribution in [2.45, 2.75) is 71.2 Å². The molecule has 182 valence electrons. The first-order valence-electron chi connectivity index (χ1n) is 12.4. The lowest BCUT2D eigenvalue weighted by atomic mass is 9.92. The highest BCUT2D eigenvalue weighted by Crippen LogP contribution is 2.38. The Morgan fingerprint density at radius 3 is 2.74 bits per heavy atom. The maximum atomic E-state index is 12.2. The van der Waals surface area contributed by atoms with Gasteiger partial charge >= 0.3 is 0 Å². The first-order valence-corrected chi connectivity index (χ1v) is 12.4. The van der Waals surface area contributed by atoms with E-state index in [9.17, 15) is 4.79 Å². The second-order valence-electron chi connectivity index (χ2n) is 9.77. The predicted molar refractivity (Wildman–Crippen MR) is 130 cm³/mol. The number of carbonyl (C=O) groups is 1. The number of aromatic amines is 1. The van der Waals surface area contributed by atoms with E-state index in [1.165, 1.54) is 12.8 Å². The van der Waals surface area contributed by atoms with Crippen molar-refractivity contribution in [3.63, 3.8) is 0 Å². The van der Waals surface area contributed by atoms with Gasteiger partial charge in [0.05, 0.1) is 29.6 Å². The van der Waals surface area contributed by atoms with Gasteiger partial charge < -0.3 is 10.5 Å². The molecule has 0 saturated carbocycles. The van der Waals surface area contributed by atoms with Crippen LogP contribution >= 0.6 is 0 Å². The Balaban J connectivity index is 1.33. The molecule has 2 unspecified atom stereocenters. The first-order chi connectivity index (χ1) is 17.0. The van der Waals surface area contributed by atoms with Crippen molar-refractivity contribution in [2.75, 3.05) is 0 Å². The number of rotatable bonds is 7. The molecule has 4 aromatic rings. The van der Waals surface area contributed by atoms with E-state index >= 15 is 0 Å². The number of fused-ring (bicyclic) bond motifs is 3. The van der Waals surface area contributed by atoms with Crippen LogP contribution in [-0.4, -0.2) is 52.9 Å². The highest BCUT2D eigenvalue weighted by atomic mass is 16.5. The van der Waals surface area contributed by atoms with Gasteiger partial charge in [-0.05, 0) is 70.1 Å². The second kappa shape index (κ2) is 8.60. The molecule has 2 saturated heterocycles. The van der Waals surface area contributed by atoms with Gasteiger partial charge in [0.25, 0.3) is 0 Å². The summed E-state index contributed by atoms with van der Waals surface area (Å²) in [6, 6.07) is 5.55. The lowest BCUT2D eigenvalue weighted by Crippen LogP contribution is -2.25. The number of ether oxygens (including phenoxy) is 1. The number of hydrogen-bond donors (Lipinski definition) is 2. The number of nitrogens with two attached hydrogens (primary N) is 1. The molecule has 0 aliphatic carbocycles. The van der Waals surface area contributed by atoms with Crippen LogP contribution in [0.2, 0.25) is 0 Å². The SMILES string of the molecule is CCn1nc(C)cc1-c1nc(-c2cc(C(N)=O)cc3c2cnn3CCC2CC3CCC(C2)O3)n[nH]1. The number of aryl methyl sites for hydroxylation is 3. The number of H-pyrrole nitrogens is 1. The van der Waals surface area contributed by atoms with Gasteiger partial charge in [-0.25, -0.2) is 4.98 Å². The maximum absolute atomic E-state index is 12.2. The smallest absolute Gasteiger partial charge is 0.248 e. The summed E-state index contributed by atoms with van der Waals surface area (Å²) in [6.07, 6.45) is 8.35. The minimum absolute atomic E-state index is 0.416. The van der Waals surface area contributed by atoms with Gasteiger partial charge in [0.1, 0.15) is 5.69 Å². The van der Waals surface area contributed by atoms with Crippen molar-refractivity contribution in [2.24, 2.45) is 11.7 Å². The molecule has 0 spiro atoms. The summed E-state index contributed by atoms with van der Waals surface area (Å²) in [7, 11) is 0. The number of hydrogen-bond acceptors (Lipinski definition) is 6. The number of aromatic nitrogens is 7. The fraction of sp³-hybridized carbons (Fsp3) is 0.480. The highest BCUT2D eigenvalue weighted by molar-refractivity contribution is 6.02. The molecule has 1 amide bonds. The third kappa shape index (κ3) is 4.01. The van der Waals surface area contributed by atoms with E-state index in [-0.39, 0.29) is 0 Å². The lowest BCUT2D eigenvalue weighted by Gasteiger charge is -2.28. The molecular formula is C25H30N8O2. The van der Waals surface area contributed by atoms with Gasteiger partial charge in [0, 0.05) is 29.6 Å². The molecule has 2 aliphatic heterocycles. The van der Waals surface area contributed by atoms with Crippen LogP contribution < -0.4 is 5.73 Å². The van der Waals surface area contributed by atoms with E-state index in [2.05, 4.69) is 20.4 Å². The molecule has 5 heterocycles. The van der Waals surface area contributed by atoms with Crippen LogP contribution in [0.25, 0.3) is 33.8 Å². The zero-order valence-electron chi connectivity index (χ0n) is 20.1. The number of benzene rings is 1. The maximum Gasteiger partial charge on any atom is 0.248 e. The Hall–Kier alpha value is -3.53. The second-order valence-corrected chi connectivity index (χ2v) is 9.77. The summed E-state index contributed by atoms with van der Waals surface area (Å²) in [5.74, 6) is 1.27. The quantitative estimate of drug-likeness (QED) is 0.422. The molecule has 35 heavy (non-hydrogen) atoms. The molecule has 2 bridgehead atoms. The molecule has 0 radical (unpaired) electrons. The molecular weight excluding hydrogens is 444 g/mol. The average Bonchev–Trinajstić information content (AvgIpc) is 3.63. The van der Waals surface area contributed by atoms with Crippen molar-refractivity contribution in [3.8, 4) is 22.9 Å². The third-order valence-corrected chi connectivity index (χ3v) is 7.35. The minimum Gasteiger partial charge on any atom is -0.375 e. The van der Waals surface area contributed by atoms with Crippen LogP contribution in [0.4, 0.5) is 0 Å². The van der Waals surface area contributed by atoms with Crippen LogP contribution in [-0.2, 0) is 17.8 Å². The van der Waals surface area contributed by atoms with Crippen molar-refractivity contribution in [1.29, 1.82) is 0 Å². The summed E-state index contributed by atoms with van der Waals surface area (Å²) >= 11 is 0. The van der Waals surface area contributed by atoms with Gasteiger partial charge in [-0.2, -0.15) is 15.3 Å². The first kappa shape index (κ1) is 22.0. The number of nitrogens with zero attached hydrogens (tertiary/aromatic N) is 6. The van der Waals surface area contributed by atoms with Crippen LogP contribution in [0.15, 0.2) is 24.4 Å². The zero-order chi connectivity index (χ0) is 24.1. The van der Waals surface area contributed by atoms with E-state index in [0.29, 0.717) is 35.3 Å². The predicted octanol–water partition coefficient (Wildman–Crippen LogP) is 3.46. The fourth-order valence-corrected chi connectivity index (χ4v) is 5.66. The van der Waals surface area contributed by atoms with Crippen LogP contribution in [0.1, 0.15) is 55.1 Å². The molecule has 3 N–H and O–H groups in total. The number of primary amides is 1. The van der Waals surface area contributed by atoms with Crippen molar-refractivity contribution < 1.29 is 9.53 Å². The fourth-order valence-electron chi connectivity index (χ4n) is 5.66. The normalized spacial score (nSPS) is 21.7. The molecule has 1 aromatic carbocycles. The van der Waals surface area contributed by atoms with Crippen molar-refractivity contribution in [3.05, 3.63) is 35.7 Å². The molecule has 2 fully saturated rings. The van der Waals surface area contributed by atoms with Crippen LogP contribution in [0.3, 0.4) is 0 Å². The van der Waals surface area contributed by atoms with Gasteiger partial charge in [-0.15, -0.1) is 0 Å². The number of amides is 1. The van der Waals surface area contributed by atoms with Gasteiger partial charge in [0.2, 0.25) is 5.91 Å². The molecule has 10 heteroatoms. The van der Waals surface area contributed by atoms with Crippen molar-refractivity contribution >= 4 is 16.8 Å². The van der Waals surface area contributed by atoms with Gasteiger partial charge in [-0.1, -0.05) is 0 Å². The van der Waals surface area contributed by atoms with E-state index in [0.717, 1.165) is 60.2 Å². The topological polar surface area (TPSA) is 130 Å². The van der Waals surface area contributed by atoms with Crippen LogP contribution in [0.5, 0.6) is 0 Å². The largest absolute Gasteiger partial charge is 0.375 e. The van der Waals surface area contributed by atoms with Gasteiger partial charge in [-0.3, -0.25) is 19.3 Å². The monoisotopic (exact) mass is 474 g/mol. The van der Waals surface area contributed by atoms with E-state index in [1.807, 2.05) is 41.5 Å². The van der Waals surface area contributed by atoms with Gasteiger partial charge in [0.15, 0.2) is 11.6 Å². The number of carbonyl (C=O) groups excluding carboxylic acids is 1. The van der Waals surface area contributed by atoms with E-state index in [1.54, 1.807) is 6.07 Å². The zero-order valence-corrected chi connectivity index (χ0v) is 20.1. The summed E-state index contributed by atoms with van der Waals surface area (Å²) in [5.41, 5.74) is 9.49. The third-order valence-electron chi connectivity index (χ3n) is 7.35. The molecule has 2 aliphatic rings. The minimum atomic E-state index is -0.489. The number of nitrogens with one attached hydrogen (secondary N) is 1. The molecule has 2 atom stereocenters. The Kier molecular flexibility index (Phi) is 5.40. The Morgan fingerprint density at radius 2 is 2.00 bits per heavy atom. The highest BCUT2D eigenvalue weighted by Gasteiger charge is 2.34. The summed E-state index contributed by atoms with van der Waals surface area (Å²) in [6.45, 7) is 5.49. The average molecular weight is 475 g/mol. The summed E-state index contributed by atoms with van der Waals surface area (Å²) < 4.78 is 9.86. The summed E-state index contributed by atoms with van der Waals surface area (Å²) in [5, 5.41) is 17.6.